The quantitative estimate of drug-likeness (QED) is 0.402. The molecule has 188 valence electrons. The summed E-state index contributed by atoms with van der Waals surface area (Å²) in [6.45, 7) is 2.28. The lowest BCUT2D eigenvalue weighted by Gasteiger charge is -2.26. The second-order valence-corrected chi connectivity index (χ2v) is 10.0. The molecular formula is C26H32N2O6S. The number of aliphatic hydroxyl groups is 1. The molecule has 1 aromatic carbocycles. The Balaban J connectivity index is 1.45. The fourth-order valence-corrected chi connectivity index (χ4v) is 5.13. The fraction of sp³-hybridized carbons (Fsp3) is 0.462. The number of nitrogens with zero attached hydrogens (tertiary/aromatic N) is 2. The Kier molecular flexibility index (Phi) is 9.68. The Hall–Kier alpha value is -2.91. The van der Waals surface area contributed by atoms with Crippen molar-refractivity contribution in [2.24, 2.45) is 5.92 Å². The first-order valence-electron chi connectivity index (χ1n) is 11.8. The molecule has 0 saturated carbocycles. The first-order valence-corrected chi connectivity index (χ1v) is 12.8. The third-order valence-corrected chi connectivity index (χ3v) is 7.24. The molecule has 35 heavy (non-hydrogen) atoms. The average Bonchev–Trinajstić information content (AvgIpc) is 3.34. The maximum absolute atomic E-state index is 13.0. The molecule has 3 rings (SSSR count). The van der Waals surface area contributed by atoms with Gasteiger partial charge in [-0.1, -0.05) is 24.8 Å². The molecule has 8 nitrogen and oxygen atoms in total. The molecule has 2 aromatic rings. The summed E-state index contributed by atoms with van der Waals surface area (Å²) in [4.78, 5) is 43.9. The van der Waals surface area contributed by atoms with E-state index >= 15 is 0 Å². The highest BCUT2D eigenvalue weighted by atomic mass is 32.2. The van der Waals surface area contributed by atoms with Crippen LogP contribution >= 0.6 is 11.8 Å². The number of aryl methyl sites for hydroxylation is 1. The molecule has 3 atom stereocenters. The van der Waals surface area contributed by atoms with E-state index in [1.807, 2.05) is 12.1 Å². The number of amides is 1. The number of aromatic nitrogens is 1. The number of aliphatic hydroxyl groups excluding tert-OH is 1. The summed E-state index contributed by atoms with van der Waals surface area (Å²) >= 11 is 1.25. The van der Waals surface area contributed by atoms with Gasteiger partial charge < -0.3 is 20.2 Å². The molecule has 3 N–H and O–H groups in total. The second-order valence-electron chi connectivity index (χ2n) is 8.91. The number of aromatic hydroxyl groups is 2. The topological polar surface area (TPSA) is 128 Å². The summed E-state index contributed by atoms with van der Waals surface area (Å²) < 4.78 is 0. The highest BCUT2D eigenvalue weighted by Crippen LogP contribution is 2.27. The van der Waals surface area contributed by atoms with Gasteiger partial charge in [-0.2, -0.15) is 0 Å². The number of phenolic OH excluding ortho intramolecular Hbond substituents is 2. The van der Waals surface area contributed by atoms with E-state index in [9.17, 15) is 29.7 Å². The number of carbonyl (C=O) groups excluding carboxylic acids is 3. The molecule has 1 saturated heterocycles. The Morgan fingerprint density at radius 2 is 1.86 bits per heavy atom. The molecule has 1 fully saturated rings. The lowest BCUT2D eigenvalue weighted by Crippen LogP contribution is -2.42. The first-order chi connectivity index (χ1) is 16.8. The Morgan fingerprint density at radius 1 is 1.11 bits per heavy atom. The van der Waals surface area contributed by atoms with Crippen LogP contribution in [0.5, 0.6) is 11.5 Å². The lowest BCUT2D eigenvalue weighted by atomic mass is 9.97. The van der Waals surface area contributed by atoms with Crippen LogP contribution in [-0.4, -0.2) is 66.5 Å². The van der Waals surface area contributed by atoms with Crippen LogP contribution in [-0.2, 0) is 27.2 Å². The number of hydrogen-bond acceptors (Lipinski definition) is 8. The van der Waals surface area contributed by atoms with E-state index in [0.29, 0.717) is 24.3 Å². The number of thioether (sulfide) groups is 1. The molecule has 1 aromatic heterocycles. The maximum atomic E-state index is 13.0. The number of pyridine rings is 1. The first kappa shape index (κ1) is 26.7. The number of benzene rings is 1. The molecule has 1 aliphatic rings. The van der Waals surface area contributed by atoms with Crippen molar-refractivity contribution < 1.29 is 29.7 Å². The van der Waals surface area contributed by atoms with Crippen LogP contribution in [0.2, 0.25) is 0 Å². The third kappa shape index (κ3) is 7.53. The number of Topliss-reactive ketones (excluding diaryl/α,β-unsaturated/α-hetero) is 1. The zero-order chi connectivity index (χ0) is 25.4. The molecule has 9 heteroatoms. The number of likely N-dealkylation sites (tertiary alicyclic amines) is 1. The summed E-state index contributed by atoms with van der Waals surface area (Å²) in [6, 6.07) is 7.54. The van der Waals surface area contributed by atoms with Crippen LogP contribution < -0.4 is 0 Å². The minimum absolute atomic E-state index is 0.000699. The second kappa shape index (κ2) is 12.7. The van der Waals surface area contributed by atoms with Gasteiger partial charge in [0.2, 0.25) is 11.0 Å². The molecule has 1 aliphatic heterocycles. The highest BCUT2D eigenvalue weighted by Gasteiger charge is 2.36. The van der Waals surface area contributed by atoms with Crippen molar-refractivity contribution in [2.75, 3.05) is 12.3 Å². The van der Waals surface area contributed by atoms with Gasteiger partial charge in [0.05, 0.1) is 0 Å². The van der Waals surface area contributed by atoms with Crippen LogP contribution in [0.4, 0.5) is 0 Å². The van der Waals surface area contributed by atoms with E-state index in [1.54, 1.807) is 24.2 Å². The largest absolute Gasteiger partial charge is 0.504 e. The number of rotatable bonds is 11. The van der Waals surface area contributed by atoms with Crippen LogP contribution in [0.1, 0.15) is 43.7 Å². The predicted molar refractivity (Wildman–Crippen MR) is 133 cm³/mol. The molecule has 0 radical (unpaired) electrons. The van der Waals surface area contributed by atoms with Gasteiger partial charge in [0.15, 0.2) is 17.3 Å². The smallest absolute Gasteiger partial charge is 0.226 e. The Labute approximate surface area is 209 Å². The standard InChI is InChI=1S/C26H32N2O6S/c1-17(4-6-21(29)23(31)15-19-5-7-22(30)24(32)16-19)25(33)28-13-2-3-20(28)26(34)35-14-10-18-8-11-27-12-9-18/h5,7-9,11-12,16-17,20,23,30-32H,2-4,6,10,13-15H2,1H3. The molecule has 0 bridgehead atoms. The van der Waals surface area contributed by atoms with Gasteiger partial charge >= 0.3 is 0 Å². The Bertz CT molecular complexity index is 1030. The molecule has 2 heterocycles. The van der Waals surface area contributed by atoms with E-state index in [2.05, 4.69) is 4.98 Å². The van der Waals surface area contributed by atoms with Gasteiger partial charge in [-0.05, 0) is 61.1 Å². The van der Waals surface area contributed by atoms with E-state index < -0.39 is 23.8 Å². The number of ketones is 1. The van der Waals surface area contributed by atoms with Crippen molar-refractivity contribution in [2.45, 2.75) is 57.6 Å². The minimum atomic E-state index is -1.26. The normalized spacial score (nSPS) is 17.2. The fourth-order valence-electron chi connectivity index (χ4n) is 4.16. The maximum Gasteiger partial charge on any atom is 0.226 e. The van der Waals surface area contributed by atoms with Crippen molar-refractivity contribution in [3.8, 4) is 11.5 Å². The molecule has 1 amide bonds. The number of phenols is 2. The minimum Gasteiger partial charge on any atom is -0.504 e. The summed E-state index contributed by atoms with van der Waals surface area (Å²) in [5.74, 6) is -0.917. The number of carbonyl (C=O) groups is 3. The van der Waals surface area contributed by atoms with Gasteiger partial charge in [-0.15, -0.1) is 0 Å². The van der Waals surface area contributed by atoms with Crippen LogP contribution in [0.15, 0.2) is 42.7 Å². The summed E-state index contributed by atoms with van der Waals surface area (Å²) in [6.07, 6.45) is 4.68. The van der Waals surface area contributed by atoms with E-state index in [0.717, 1.165) is 18.4 Å². The lowest BCUT2D eigenvalue weighted by molar-refractivity contribution is -0.139. The summed E-state index contributed by atoms with van der Waals surface area (Å²) in [7, 11) is 0. The van der Waals surface area contributed by atoms with Crippen molar-refractivity contribution in [3.63, 3.8) is 0 Å². The summed E-state index contributed by atoms with van der Waals surface area (Å²) in [5.41, 5.74) is 1.63. The molecular weight excluding hydrogens is 468 g/mol. The monoisotopic (exact) mass is 500 g/mol. The van der Waals surface area contributed by atoms with Crippen molar-refractivity contribution in [1.29, 1.82) is 0 Å². The van der Waals surface area contributed by atoms with Crippen LogP contribution in [0.3, 0.4) is 0 Å². The van der Waals surface area contributed by atoms with Gasteiger partial charge in [0.1, 0.15) is 12.1 Å². The SMILES string of the molecule is CC(CCC(=O)C(O)Cc1ccc(O)c(O)c1)C(=O)N1CCCC1C(=O)SCCc1ccncc1. The predicted octanol–water partition coefficient (Wildman–Crippen LogP) is 2.88. The zero-order valence-corrected chi connectivity index (χ0v) is 20.6. The van der Waals surface area contributed by atoms with Gasteiger partial charge in [0, 0.05) is 43.5 Å². The highest BCUT2D eigenvalue weighted by molar-refractivity contribution is 8.13. The molecule has 0 spiro atoms. The van der Waals surface area contributed by atoms with E-state index in [4.69, 9.17) is 0 Å². The zero-order valence-electron chi connectivity index (χ0n) is 19.8. The van der Waals surface area contributed by atoms with Crippen molar-refractivity contribution in [1.82, 2.24) is 9.88 Å². The molecule has 3 unspecified atom stereocenters. The van der Waals surface area contributed by atoms with Crippen molar-refractivity contribution >= 4 is 28.6 Å². The third-order valence-electron chi connectivity index (χ3n) is 6.28. The van der Waals surface area contributed by atoms with Gasteiger partial charge in [0.25, 0.3) is 0 Å². The van der Waals surface area contributed by atoms with E-state index in [-0.39, 0.29) is 41.8 Å². The molecule has 0 aliphatic carbocycles. The van der Waals surface area contributed by atoms with Crippen molar-refractivity contribution in [3.05, 3.63) is 53.9 Å². The average molecular weight is 501 g/mol. The van der Waals surface area contributed by atoms with Crippen LogP contribution in [0.25, 0.3) is 0 Å². The summed E-state index contributed by atoms with van der Waals surface area (Å²) in [5, 5.41) is 29.2. The Morgan fingerprint density at radius 3 is 2.57 bits per heavy atom. The van der Waals surface area contributed by atoms with E-state index in [1.165, 1.54) is 30.0 Å². The van der Waals surface area contributed by atoms with Crippen LogP contribution in [0, 0.1) is 5.92 Å². The van der Waals surface area contributed by atoms with Gasteiger partial charge in [-0.25, -0.2) is 0 Å². The number of hydrogen-bond donors (Lipinski definition) is 3. The van der Waals surface area contributed by atoms with Gasteiger partial charge in [-0.3, -0.25) is 19.4 Å².